The third-order valence-electron chi connectivity index (χ3n) is 2.42. The molecule has 0 aliphatic rings. The van der Waals surface area contributed by atoms with E-state index in [1.807, 2.05) is 25.1 Å². The van der Waals surface area contributed by atoms with Gasteiger partial charge in [-0.15, -0.1) is 0 Å². The molecule has 0 aliphatic carbocycles. The van der Waals surface area contributed by atoms with E-state index in [1.54, 1.807) is 0 Å². The summed E-state index contributed by atoms with van der Waals surface area (Å²) in [6.07, 6.45) is 1.97. The maximum atomic E-state index is 5.87. The van der Waals surface area contributed by atoms with E-state index in [-0.39, 0.29) is 6.04 Å². The highest BCUT2D eigenvalue weighted by Gasteiger charge is 2.08. The number of hydrogen-bond acceptors (Lipinski definition) is 3. The van der Waals surface area contributed by atoms with Crippen molar-refractivity contribution in [2.45, 2.75) is 39.7 Å². The molecule has 1 atom stereocenters. The molecule has 0 fully saturated rings. The van der Waals surface area contributed by atoms with Crippen molar-refractivity contribution in [1.29, 1.82) is 0 Å². The van der Waals surface area contributed by atoms with Crippen molar-refractivity contribution in [2.24, 2.45) is 5.73 Å². The van der Waals surface area contributed by atoms with Crippen LogP contribution in [-0.4, -0.2) is 13.2 Å². The molecule has 0 spiro atoms. The minimum absolute atomic E-state index is 0.0131. The van der Waals surface area contributed by atoms with E-state index >= 15 is 0 Å². The van der Waals surface area contributed by atoms with E-state index in [4.69, 9.17) is 15.2 Å². The molecule has 0 saturated heterocycles. The third kappa shape index (κ3) is 4.27. The quantitative estimate of drug-likeness (QED) is 0.791. The Labute approximate surface area is 104 Å². The molecule has 2 N–H and O–H groups in total. The highest BCUT2D eigenvalue weighted by Crippen LogP contribution is 2.30. The van der Waals surface area contributed by atoms with Gasteiger partial charge >= 0.3 is 0 Å². The van der Waals surface area contributed by atoms with E-state index in [9.17, 15) is 0 Å². The van der Waals surface area contributed by atoms with E-state index in [1.165, 1.54) is 0 Å². The van der Waals surface area contributed by atoms with Gasteiger partial charge in [0.25, 0.3) is 0 Å². The van der Waals surface area contributed by atoms with Gasteiger partial charge in [-0.05, 0) is 37.5 Å². The van der Waals surface area contributed by atoms with Gasteiger partial charge in [0.2, 0.25) is 0 Å². The van der Waals surface area contributed by atoms with E-state index in [2.05, 4.69) is 13.8 Å². The van der Waals surface area contributed by atoms with Crippen LogP contribution in [0.5, 0.6) is 11.5 Å². The molecule has 96 valence electrons. The summed E-state index contributed by atoms with van der Waals surface area (Å²) >= 11 is 0. The second-order valence-electron chi connectivity index (χ2n) is 4.19. The summed E-state index contributed by atoms with van der Waals surface area (Å²) in [7, 11) is 0. The third-order valence-corrected chi connectivity index (χ3v) is 2.42. The molecule has 3 nitrogen and oxygen atoms in total. The fourth-order valence-corrected chi connectivity index (χ4v) is 1.46. The first-order chi connectivity index (χ1) is 8.19. The van der Waals surface area contributed by atoms with Crippen LogP contribution in [-0.2, 0) is 0 Å². The zero-order chi connectivity index (χ0) is 12.7. The van der Waals surface area contributed by atoms with Crippen molar-refractivity contribution in [3.63, 3.8) is 0 Å². The lowest BCUT2D eigenvalue weighted by Crippen LogP contribution is -2.07. The highest BCUT2D eigenvalue weighted by molar-refractivity contribution is 5.43. The first-order valence-electron chi connectivity index (χ1n) is 6.34. The molecule has 0 saturated carbocycles. The van der Waals surface area contributed by atoms with Crippen LogP contribution in [0.1, 0.15) is 45.2 Å². The Hall–Kier alpha value is -1.22. The first-order valence-corrected chi connectivity index (χ1v) is 6.34. The largest absolute Gasteiger partial charge is 0.490 e. The standard InChI is InChI=1S/C14H23NO2/c1-4-8-16-13-7-6-12(11(3)15)10-14(13)17-9-5-2/h6-7,10-11H,4-5,8-9,15H2,1-3H3. The van der Waals surface area contributed by atoms with Crippen molar-refractivity contribution in [3.05, 3.63) is 23.8 Å². The molecule has 0 bridgehead atoms. The molecule has 0 aliphatic heterocycles. The van der Waals surface area contributed by atoms with Crippen molar-refractivity contribution >= 4 is 0 Å². The second kappa shape index (κ2) is 7.17. The molecule has 3 heteroatoms. The maximum Gasteiger partial charge on any atom is 0.161 e. The van der Waals surface area contributed by atoms with Crippen LogP contribution in [0.3, 0.4) is 0 Å². The zero-order valence-electron chi connectivity index (χ0n) is 11.0. The Morgan fingerprint density at radius 1 is 1.06 bits per heavy atom. The van der Waals surface area contributed by atoms with Crippen LogP contribution >= 0.6 is 0 Å². The van der Waals surface area contributed by atoms with Gasteiger partial charge in [0, 0.05) is 6.04 Å². The lowest BCUT2D eigenvalue weighted by Gasteiger charge is -2.14. The van der Waals surface area contributed by atoms with Gasteiger partial charge in [0.05, 0.1) is 13.2 Å². The van der Waals surface area contributed by atoms with Crippen molar-refractivity contribution in [2.75, 3.05) is 13.2 Å². The Morgan fingerprint density at radius 3 is 2.18 bits per heavy atom. The van der Waals surface area contributed by atoms with Gasteiger partial charge in [-0.25, -0.2) is 0 Å². The lowest BCUT2D eigenvalue weighted by atomic mass is 10.1. The fraction of sp³-hybridized carbons (Fsp3) is 0.571. The van der Waals surface area contributed by atoms with Crippen LogP contribution in [0.25, 0.3) is 0 Å². The molecule has 0 aromatic heterocycles. The predicted octanol–water partition coefficient (Wildman–Crippen LogP) is 3.28. The predicted molar refractivity (Wildman–Crippen MR) is 70.6 cm³/mol. The Bertz CT molecular complexity index is 337. The molecule has 1 unspecified atom stereocenters. The molecule has 0 amide bonds. The summed E-state index contributed by atoms with van der Waals surface area (Å²) in [6, 6.07) is 5.93. The Balaban J connectivity index is 2.86. The average Bonchev–Trinajstić information content (AvgIpc) is 2.34. The molecule has 17 heavy (non-hydrogen) atoms. The van der Waals surface area contributed by atoms with Crippen molar-refractivity contribution < 1.29 is 9.47 Å². The lowest BCUT2D eigenvalue weighted by molar-refractivity contribution is 0.268. The normalized spacial score (nSPS) is 12.2. The molecule has 1 aromatic carbocycles. The van der Waals surface area contributed by atoms with Crippen LogP contribution in [0.4, 0.5) is 0 Å². The van der Waals surface area contributed by atoms with Gasteiger partial charge in [-0.2, -0.15) is 0 Å². The van der Waals surface area contributed by atoms with Crippen LogP contribution in [0.15, 0.2) is 18.2 Å². The van der Waals surface area contributed by atoms with E-state index in [0.29, 0.717) is 13.2 Å². The van der Waals surface area contributed by atoms with Crippen molar-refractivity contribution in [1.82, 2.24) is 0 Å². The Morgan fingerprint density at radius 2 is 1.65 bits per heavy atom. The summed E-state index contributed by atoms with van der Waals surface area (Å²) in [5, 5.41) is 0. The van der Waals surface area contributed by atoms with Crippen LogP contribution < -0.4 is 15.2 Å². The van der Waals surface area contributed by atoms with Crippen molar-refractivity contribution in [3.8, 4) is 11.5 Å². The SMILES string of the molecule is CCCOc1ccc(C(C)N)cc1OCCC. The molecule has 1 rings (SSSR count). The van der Waals surface area contributed by atoms with Gasteiger partial charge in [-0.3, -0.25) is 0 Å². The summed E-state index contributed by atoms with van der Waals surface area (Å²) in [5.41, 5.74) is 6.93. The summed E-state index contributed by atoms with van der Waals surface area (Å²) in [4.78, 5) is 0. The highest BCUT2D eigenvalue weighted by atomic mass is 16.5. The fourth-order valence-electron chi connectivity index (χ4n) is 1.46. The monoisotopic (exact) mass is 237 g/mol. The summed E-state index contributed by atoms with van der Waals surface area (Å²) in [6.45, 7) is 7.54. The summed E-state index contributed by atoms with van der Waals surface area (Å²) < 4.78 is 11.3. The molecule has 0 heterocycles. The minimum Gasteiger partial charge on any atom is -0.490 e. The van der Waals surface area contributed by atoms with Gasteiger partial charge in [0.1, 0.15) is 0 Å². The summed E-state index contributed by atoms with van der Waals surface area (Å²) in [5.74, 6) is 1.61. The molecule has 0 radical (unpaired) electrons. The van der Waals surface area contributed by atoms with Gasteiger partial charge in [-0.1, -0.05) is 19.9 Å². The van der Waals surface area contributed by atoms with Gasteiger partial charge < -0.3 is 15.2 Å². The number of rotatable bonds is 7. The number of ether oxygens (including phenoxy) is 2. The van der Waals surface area contributed by atoms with E-state index < -0.39 is 0 Å². The van der Waals surface area contributed by atoms with Crippen LogP contribution in [0.2, 0.25) is 0 Å². The van der Waals surface area contributed by atoms with E-state index in [0.717, 1.165) is 29.9 Å². The number of hydrogen-bond donors (Lipinski definition) is 1. The molecular weight excluding hydrogens is 214 g/mol. The first kappa shape index (κ1) is 13.8. The van der Waals surface area contributed by atoms with Gasteiger partial charge in [0.15, 0.2) is 11.5 Å². The zero-order valence-corrected chi connectivity index (χ0v) is 11.0. The molecular formula is C14H23NO2. The minimum atomic E-state index is 0.0131. The smallest absolute Gasteiger partial charge is 0.161 e. The average molecular weight is 237 g/mol. The Kier molecular flexibility index (Phi) is 5.84. The molecule has 1 aromatic rings. The maximum absolute atomic E-state index is 5.87. The van der Waals surface area contributed by atoms with Crippen LogP contribution in [0, 0.1) is 0 Å². The number of nitrogens with two attached hydrogens (primary N) is 1. The number of benzene rings is 1. The second-order valence-corrected chi connectivity index (χ2v) is 4.19. The topological polar surface area (TPSA) is 44.5 Å².